The van der Waals surface area contributed by atoms with Crippen molar-refractivity contribution in [1.82, 2.24) is 20.0 Å². The van der Waals surface area contributed by atoms with Gasteiger partial charge in [0.15, 0.2) is 0 Å². The number of pyridine rings is 1. The Kier molecular flexibility index (Phi) is 3.36. The average Bonchev–Trinajstić information content (AvgIpc) is 2.75. The molecule has 0 spiro atoms. The molecule has 0 amide bonds. The van der Waals surface area contributed by atoms with Crippen molar-refractivity contribution in [2.75, 3.05) is 5.32 Å². The minimum atomic E-state index is 0.609. The first-order valence-electron chi connectivity index (χ1n) is 5.03. The molecule has 2 rings (SSSR count). The van der Waals surface area contributed by atoms with Crippen molar-refractivity contribution in [3.8, 4) is 0 Å². The average molecular weight is 238 g/mol. The largest absolute Gasteiger partial charge is 0.363 e. The number of rotatable bonds is 4. The van der Waals surface area contributed by atoms with Crippen molar-refractivity contribution in [3.05, 3.63) is 35.2 Å². The van der Waals surface area contributed by atoms with E-state index in [-0.39, 0.29) is 0 Å². The van der Waals surface area contributed by atoms with Gasteiger partial charge in [0.25, 0.3) is 0 Å². The lowest BCUT2D eigenvalue weighted by Crippen LogP contribution is -2.08. The van der Waals surface area contributed by atoms with E-state index in [0.29, 0.717) is 17.4 Å². The Hall–Kier alpha value is -1.62. The molecular formula is C10H12ClN5. The summed E-state index contributed by atoms with van der Waals surface area (Å²) in [6, 6.07) is 3.59. The lowest BCUT2D eigenvalue weighted by Gasteiger charge is -2.07. The Balaban J connectivity index is 2.05. The molecule has 0 aromatic carbocycles. The van der Waals surface area contributed by atoms with Gasteiger partial charge in [-0.2, -0.15) is 0 Å². The minimum absolute atomic E-state index is 0.609. The number of nitrogens with one attached hydrogen (secondary N) is 1. The molecule has 2 aromatic rings. The van der Waals surface area contributed by atoms with E-state index < -0.39 is 0 Å². The Morgan fingerprint density at radius 1 is 1.50 bits per heavy atom. The van der Waals surface area contributed by atoms with E-state index in [9.17, 15) is 0 Å². The Labute approximate surface area is 98.5 Å². The molecule has 0 saturated heterocycles. The van der Waals surface area contributed by atoms with Gasteiger partial charge in [-0.05, 0) is 19.1 Å². The van der Waals surface area contributed by atoms with Crippen LogP contribution < -0.4 is 5.32 Å². The maximum Gasteiger partial charge on any atom is 0.145 e. The van der Waals surface area contributed by atoms with Gasteiger partial charge in [-0.25, -0.2) is 9.67 Å². The van der Waals surface area contributed by atoms with E-state index in [0.717, 1.165) is 12.2 Å². The van der Waals surface area contributed by atoms with Crippen LogP contribution in [0.15, 0.2) is 24.5 Å². The number of hydrogen-bond donors (Lipinski definition) is 1. The number of anilines is 1. The predicted molar refractivity (Wildman–Crippen MR) is 62.3 cm³/mol. The van der Waals surface area contributed by atoms with Gasteiger partial charge in [-0.1, -0.05) is 16.8 Å². The fourth-order valence-corrected chi connectivity index (χ4v) is 1.56. The van der Waals surface area contributed by atoms with E-state index in [2.05, 4.69) is 20.6 Å². The SMILES string of the molecule is CCn1nncc1CNc1ncccc1Cl. The highest BCUT2D eigenvalue weighted by atomic mass is 35.5. The van der Waals surface area contributed by atoms with E-state index in [4.69, 9.17) is 11.6 Å². The van der Waals surface area contributed by atoms with Crippen molar-refractivity contribution in [1.29, 1.82) is 0 Å². The zero-order chi connectivity index (χ0) is 11.4. The van der Waals surface area contributed by atoms with Crippen LogP contribution in [0.2, 0.25) is 5.02 Å². The van der Waals surface area contributed by atoms with Crippen LogP contribution in [0.3, 0.4) is 0 Å². The second-order valence-corrected chi connectivity index (χ2v) is 3.64. The molecule has 2 aromatic heterocycles. The minimum Gasteiger partial charge on any atom is -0.363 e. The maximum atomic E-state index is 5.98. The van der Waals surface area contributed by atoms with Gasteiger partial charge in [0.1, 0.15) is 5.82 Å². The van der Waals surface area contributed by atoms with Crippen LogP contribution in [-0.2, 0) is 13.1 Å². The second kappa shape index (κ2) is 4.94. The fourth-order valence-electron chi connectivity index (χ4n) is 1.37. The summed E-state index contributed by atoms with van der Waals surface area (Å²) in [4.78, 5) is 4.14. The summed E-state index contributed by atoms with van der Waals surface area (Å²) in [7, 11) is 0. The van der Waals surface area contributed by atoms with Gasteiger partial charge < -0.3 is 5.32 Å². The molecule has 0 saturated carbocycles. The molecule has 0 fully saturated rings. The Morgan fingerprint density at radius 2 is 2.38 bits per heavy atom. The monoisotopic (exact) mass is 237 g/mol. The Bertz CT molecular complexity index is 468. The summed E-state index contributed by atoms with van der Waals surface area (Å²) in [5.74, 6) is 0.674. The molecule has 6 heteroatoms. The lowest BCUT2D eigenvalue weighted by molar-refractivity contribution is 0.602. The van der Waals surface area contributed by atoms with Gasteiger partial charge in [0, 0.05) is 12.7 Å². The van der Waals surface area contributed by atoms with Gasteiger partial charge in [-0.15, -0.1) is 5.10 Å². The van der Waals surface area contributed by atoms with Gasteiger partial charge >= 0.3 is 0 Å². The van der Waals surface area contributed by atoms with Crippen molar-refractivity contribution in [3.63, 3.8) is 0 Å². The summed E-state index contributed by atoms with van der Waals surface area (Å²) in [6.45, 7) is 3.43. The van der Waals surface area contributed by atoms with Crippen molar-refractivity contribution >= 4 is 17.4 Å². The van der Waals surface area contributed by atoms with Gasteiger partial charge in [-0.3, -0.25) is 0 Å². The van der Waals surface area contributed by atoms with Crippen LogP contribution in [-0.4, -0.2) is 20.0 Å². The third-order valence-electron chi connectivity index (χ3n) is 2.19. The second-order valence-electron chi connectivity index (χ2n) is 3.23. The highest BCUT2D eigenvalue weighted by molar-refractivity contribution is 6.32. The molecule has 5 nitrogen and oxygen atoms in total. The van der Waals surface area contributed by atoms with E-state index in [1.807, 2.05) is 11.6 Å². The van der Waals surface area contributed by atoms with Crippen LogP contribution in [0, 0.1) is 0 Å². The molecule has 16 heavy (non-hydrogen) atoms. The fraction of sp³-hybridized carbons (Fsp3) is 0.300. The third kappa shape index (κ3) is 2.30. The number of aromatic nitrogens is 4. The van der Waals surface area contributed by atoms with Crippen LogP contribution in [0.4, 0.5) is 5.82 Å². The molecule has 0 radical (unpaired) electrons. The van der Waals surface area contributed by atoms with E-state index in [1.165, 1.54) is 0 Å². The molecular weight excluding hydrogens is 226 g/mol. The van der Waals surface area contributed by atoms with Crippen LogP contribution in [0.1, 0.15) is 12.6 Å². The standard InChI is InChI=1S/C10H12ClN5/c1-2-16-8(7-14-15-16)6-13-10-9(11)4-3-5-12-10/h3-5,7H,2,6H2,1H3,(H,12,13). The maximum absolute atomic E-state index is 5.98. The number of hydrogen-bond acceptors (Lipinski definition) is 4. The summed E-state index contributed by atoms with van der Waals surface area (Å²) in [5, 5.41) is 11.5. The van der Waals surface area contributed by atoms with Gasteiger partial charge in [0.2, 0.25) is 0 Å². The quantitative estimate of drug-likeness (QED) is 0.883. The van der Waals surface area contributed by atoms with Crippen LogP contribution in [0.5, 0.6) is 0 Å². The normalized spacial score (nSPS) is 10.4. The molecule has 84 valence electrons. The first-order valence-corrected chi connectivity index (χ1v) is 5.41. The lowest BCUT2D eigenvalue weighted by atomic mass is 10.4. The molecule has 0 aliphatic carbocycles. The zero-order valence-electron chi connectivity index (χ0n) is 8.89. The molecule has 1 N–H and O–H groups in total. The first-order chi connectivity index (χ1) is 7.81. The van der Waals surface area contributed by atoms with Crippen LogP contribution >= 0.6 is 11.6 Å². The third-order valence-corrected chi connectivity index (χ3v) is 2.50. The van der Waals surface area contributed by atoms with Gasteiger partial charge in [0.05, 0.1) is 23.5 Å². The molecule has 0 bridgehead atoms. The molecule has 0 atom stereocenters. The first kappa shape index (κ1) is 10.9. The topological polar surface area (TPSA) is 55.6 Å². The summed E-state index contributed by atoms with van der Waals surface area (Å²) in [5.41, 5.74) is 1.00. The summed E-state index contributed by atoms with van der Waals surface area (Å²) >= 11 is 5.98. The summed E-state index contributed by atoms with van der Waals surface area (Å²) < 4.78 is 1.82. The van der Waals surface area contributed by atoms with Crippen molar-refractivity contribution in [2.45, 2.75) is 20.0 Å². The highest BCUT2D eigenvalue weighted by Crippen LogP contribution is 2.17. The predicted octanol–water partition coefficient (Wildman–Crippen LogP) is 1.96. The number of nitrogens with zero attached hydrogens (tertiary/aromatic N) is 4. The zero-order valence-corrected chi connectivity index (χ0v) is 9.65. The van der Waals surface area contributed by atoms with Crippen molar-refractivity contribution in [2.24, 2.45) is 0 Å². The Morgan fingerprint density at radius 3 is 3.12 bits per heavy atom. The molecule has 0 aliphatic heterocycles. The van der Waals surface area contributed by atoms with E-state index >= 15 is 0 Å². The highest BCUT2D eigenvalue weighted by Gasteiger charge is 2.04. The molecule has 0 unspecified atom stereocenters. The summed E-state index contributed by atoms with van der Waals surface area (Å²) in [6.07, 6.45) is 3.43. The molecule has 0 aliphatic rings. The van der Waals surface area contributed by atoms with E-state index in [1.54, 1.807) is 24.5 Å². The smallest absolute Gasteiger partial charge is 0.145 e. The molecule has 2 heterocycles. The van der Waals surface area contributed by atoms with Crippen molar-refractivity contribution < 1.29 is 0 Å². The number of aryl methyl sites for hydroxylation is 1. The van der Waals surface area contributed by atoms with Crippen LogP contribution in [0.25, 0.3) is 0 Å². The number of halogens is 1.